The molecule has 1 aliphatic heterocycles. The van der Waals surface area contributed by atoms with Gasteiger partial charge >= 0.3 is 0 Å². The van der Waals surface area contributed by atoms with Gasteiger partial charge in [-0.2, -0.15) is 0 Å². The summed E-state index contributed by atoms with van der Waals surface area (Å²) in [4.78, 5) is 13.5. The summed E-state index contributed by atoms with van der Waals surface area (Å²) >= 11 is 0. The Morgan fingerprint density at radius 1 is 1.58 bits per heavy atom. The molecule has 0 aliphatic carbocycles. The fraction of sp³-hybridized carbons (Fsp3) is 0.500. The second kappa shape index (κ2) is 6.02. The second-order valence-electron chi connectivity index (χ2n) is 4.92. The van der Waals surface area contributed by atoms with E-state index in [2.05, 4.69) is 0 Å². The number of carbonyl (C=O) groups excluding carboxylic acids is 1. The van der Waals surface area contributed by atoms with Crippen LogP contribution in [0, 0.1) is 11.7 Å². The third-order valence-corrected chi connectivity index (χ3v) is 3.43. The molecule has 2 atom stereocenters. The molecule has 1 aromatic carbocycles. The van der Waals surface area contributed by atoms with E-state index in [1.165, 1.54) is 18.2 Å². The number of halogens is 1. The number of likely N-dealkylation sites (tertiary alicyclic amines) is 1. The van der Waals surface area contributed by atoms with Crippen LogP contribution < -0.4 is 4.74 Å². The zero-order valence-corrected chi connectivity index (χ0v) is 10.9. The monoisotopic (exact) mass is 267 g/mol. The summed E-state index contributed by atoms with van der Waals surface area (Å²) in [6, 6.07) is 5.68. The number of ether oxygens (including phenoxy) is 1. The zero-order valence-electron chi connectivity index (χ0n) is 10.9. The number of carbonyl (C=O) groups is 1. The van der Waals surface area contributed by atoms with Gasteiger partial charge in [0, 0.05) is 19.2 Å². The van der Waals surface area contributed by atoms with Gasteiger partial charge in [0.15, 0.2) is 6.61 Å². The molecule has 104 valence electrons. The largest absolute Gasteiger partial charge is 0.484 e. The third-order valence-electron chi connectivity index (χ3n) is 3.43. The van der Waals surface area contributed by atoms with Crippen LogP contribution in [0.2, 0.25) is 0 Å². The van der Waals surface area contributed by atoms with E-state index in [-0.39, 0.29) is 18.4 Å². The van der Waals surface area contributed by atoms with Crippen LogP contribution in [0.3, 0.4) is 0 Å². The molecule has 1 N–H and O–H groups in total. The number of β-amino-alcohol motifs (C(OH)–C–C–N with tert-alkyl or cyclic N) is 1. The van der Waals surface area contributed by atoms with E-state index in [0.717, 1.165) is 6.42 Å². The summed E-state index contributed by atoms with van der Waals surface area (Å²) < 4.78 is 18.2. The first kappa shape index (κ1) is 13.8. The van der Waals surface area contributed by atoms with E-state index in [9.17, 15) is 14.3 Å². The Bertz CT molecular complexity index is 452. The molecule has 0 aromatic heterocycles. The topological polar surface area (TPSA) is 49.8 Å². The molecule has 4 nitrogen and oxygen atoms in total. The number of aliphatic hydroxyl groups is 1. The van der Waals surface area contributed by atoms with Gasteiger partial charge in [0.05, 0.1) is 6.10 Å². The predicted octanol–water partition coefficient (Wildman–Crippen LogP) is 1.43. The number of benzene rings is 1. The van der Waals surface area contributed by atoms with Gasteiger partial charge in [-0.3, -0.25) is 4.79 Å². The summed E-state index contributed by atoms with van der Waals surface area (Å²) in [5.74, 6) is -0.0326. The average Bonchev–Trinajstić information content (AvgIpc) is 2.39. The summed E-state index contributed by atoms with van der Waals surface area (Å²) in [5.41, 5.74) is 0. The molecule has 1 heterocycles. The van der Waals surface area contributed by atoms with Crippen LogP contribution in [0.1, 0.15) is 13.3 Å². The van der Waals surface area contributed by atoms with Crippen LogP contribution in [0.4, 0.5) is 4.39 Å². The minimum Gasteiger partial charge on any atom is -0.484 e. The minimum atomic E-state index is -0.480. The minimum absolute atomic E-state index is 0.134. The number of amides is 1. The highest BCUT2D eigenvalue weighted by molar-refractivity contribution is 5.77. The fourth-order valence-electron chi connectivity index (χ4n) is 2.07. The zero-order chi connectivity index (χ0) is 13.8. The van der Waals surface area contributed by atoms with Gasteiger partial charge in [-0.25, -0.2) is 4.39 Å². The normalized spacial score (nSPS) is 23.2. The van der Waals surface area contributed by atoms with Crippen molar-refractivity contribution in [3.8, 4) is 5.75 Å². The van der Waals surface area contributed by atoms with Crippen molar-refractivity contribution in [2.24, 2.45) is 5.92 Å². The molecular weight excluding hydrogens is 249 g/mol. The Morgan fingerprint density at radius 2 is 2.37 bits per heavy atom. The molecule has 2 unspecified atom stereocenters. The summed E-state index contributed by atoms with van der Waals surface area (Å²) in [6.07, 6.45) is 0.305. The molecule has 0 radical (unpaired) electrons. The van der Waals surface area contributed by atoms with Gasteiger partial charge in [0.2, 0.25) is 0 Å². The van der Waals surface area contributed by atoms with Crippen molar-refractivity contribution in [3.63, 3.8) is 0 Å². The maximum atomic E-state index is 12.9. The van der Waals surface area contributed by atoms with Crippen molar-refractivity contribution < 1.29 is 19.0 Å². The van der Waals surface area contributed by atoms with Crippen molar-refractivity contribution >= 4 is 5.91 Å². The van der Waals surface area contributed by atoms with E-state index in [1.54, 1.807) is 11.0 Å². The number of nitrogens with zero attached hydrogens (tertiary/aromatic N) is 1. The van der Waals surface area contributed by atoms with Gasteiger partial charge in [-0.15, -0.1) is 0 Å². The fourth-order valence-corrected chi connectivity index (χ4v) is 2.07. The molecule has 1 aliphatic rings. The van der Waals surface area contributed by atoms with Crippen molar-refractivity contribution in [1.82, 2.24) is 4.90 Å². The molecule has 19 heavy (non-hydrogen) atoms. The first-order valence-corrected chi connectivity index (χ1v) is 6.40. The summed E-state index contributed by atoms with van der Waals surface area (Å²) in [6.45, 7) is 2.80. The standard InChI is InChI=1S/C14H18FNO3/c1-10-5-6-16(8-13(10)17)14(18)9-19-12-4-2-3-11(15)7-12/h2-4,7,10,13,17H,5-6,8-9H2,1H3. The molecule has 0 bridgehead atoms. The lowest BCUT2D eigenvalue weighted by molar-refractivity contribution is -0.137. The van der Waals surface area contributed by atoms with Crippen LogP contribution in [0.25, 0.3) is 0 Å². The molecule has 1 amide bonds. The maximum absolute atomic E-state index is 12.9. The van der Waals surface area contributed by atoms with E-state index in [0.29, 0.717) is 18.8 Å². The van der Waals surface area contributed by atoms with E-state index >= 15 is 0 Å². The van der Waals surface area contributed by atoms with E-state index in [1.807, 2.05) is 6.92 Å². The lowest BCUT2D eigenvalue weighted by Crippen LogP contribution is -2.47. The van der Waals surface area contributed by atoms with Crippen molar-refractivity contribution in [1.29, 1.82) is 0 Å². The van der Waals surface area contributed by atoms with Gasteiger partial charge < -0.3 is 14.7 Å². The number of aliphatic hydroxyl groups excluding tert-OH is 1. The quantitative estimate of drug-likeness (QED) is 0.901. The average molecular weight is 267 g/mol. The van der Waals surface area contributed by atoms with Crippen molar-refractivity contribution in [3.05, 3.63) is 30.1 Å². The number of hydrogen-bond donors (Lipinski definition) is 1. The van der Waals surface area contributed by atoms with Gasteiger partial charge in [0.1, 0.15) is 11.6 Å². The van der Waals surface area contributed by atoms with Gasteiger partial charge in [0.25, 0.3) is 5.91 Å². The predicted molar refractivity (Wildman–Crippen MR) is 68.3 cm³/mol. The molecule has 0 spiro atoms. The van der Waals surface area contributed by atoms with Crippen LogP contribution in [0.5, 0.6) is 5.75 Å². The van der Waals surface area contributed by atoms with Gasteiger partial charge in [-0.05, 0) is 24.5 Å². The molecular formula is C14H18FNO3. The maximum Gasteiger partial charge on any atom is 0.260 e. The van der Waals surface area contributed by atoms with Crippen molar-refractivity contribution in [2.45, 2.75) is 19.4 Å². The molecule has 1 aromatic rings. The van der Waals surface area contributed by atoms with Crippen LogP contribution in [0.15, 0.2) is 24.3 Å². The third kappa shape index (κ3) is 3.67. The van der Waals surface area contributed by atoms with E-state index in [4.69, 9.17) is 4.74 Å². The summed E-state index contributed by atoms with van der Waals surface area (Å²) in [5, 5.41) is 9.73. The molecule has 1 saturated heterocycles. The number of hydrogen-bond acceptors (Lipinski definition) is 3. The molecule has 2 rings (SSSR count). The smallest absolute Gasteiger partial charge is 0.260 e. The Hall–Kier alpha value is -1.62. The highest BCUT2D eigenvalue weighted by Crippen LogP contribution is 2.17. The SMILES string of the molecule is CC1CCN(C(=O)COc2cccc(F)c2)CC1O. The Labute approximate surface area is 111 Å². The van der Waals surface area contributed by atoms with Crippen molar-refractivity contribution in [2.75, 3.05) is 19.7 Å². The Balaban J connectivity index is 1.84. The van der Waals surface area contributed by atoms with Crippen LogP contribution in [-0.4, -0.2) is 41.7 Å². The first-order valence-electron chi connectivity index (χ1n) is 6.40. The van der Waals surface area contributed by atoms with Gasteiger partial charge in [-0.1, -0.05) is 13.0 Å². The molecule has 5 heteroatoms. The highest BCUT2D eigenvalue weighted by Gasteiger charge is 2.27. The number of rotatable bonds is 3. The molecule has 0 saturated carbocycles. The highest BCUT2D eigenvalue weighted by atomic mass is 19.1. The summed E-state index contributed by atoms with van der Waals surface area (Å²) in [7, 11) is 0. The van der Waals surface area contributed by atoms with Crippen LogP contribution >= 0.6 is 0 Å². The first-order chi connectivity index (χ1) is 9.06. The van der Waals surface area contributed by atoms with Crippen LogP contribution in [-0.2, 0) is 4.79 Å². The lowest BCUT2D eigenvalue weighted by Gasteiger charge is -2.34. The Kier molecular flexibility index (Phi) is 4.37. The second-order valence-corrected chi connectivity index (χ2v) is 4.92. The Morgan fingerprint density at radius 3 is 3.05 bits per heavy atom. The molecule has 1 fully saturated rings. The number of piperidine rings is 1. The lowest BCUT2D eigenvalue weighted by atomic mass is 9.96. The van der Waals surface area contributed by atoms with E-state index < -0.39 is 11.9 Å².